The molecule has 7 heteroatoms. The maximum atomic E-state index is 12.0. The van der Waals surface area contributed by atoms with Crippen LogP contribution in [-0.2, 0) is 14.3 Å². The van der Waals surface area contributed by atoms with E-state index in [0.717, 1.165) is 0 Å². The van der Waals surface area contributed by atoms with Gasteiger partial charge in [0.2, 0.25) is 5.91 Å². The molecule has 0 unspecified atom stereocenters. The molecular weight excluding hydrogens is 274 g/mol. The van der Waals surface area contributed by atoms with Crippen LogP contribution in [0.2, 0.25) is 0 Å². The topological polar surface area (TPSA) is 71.1 Å². The first-order chi connectivity index (χ1) is 9.85. The maximum Gasteiger partial charge on any atom is 0.410 e. The van der Waals surface area contributed by atoms with Gasteiger partial charge in [0.25, 0.3) is 0 Å². The minimum Gasteiger partial charge on any atom is -0.444 e. The van der Waals surface area contributed by atoms with E-state index in [9.17, 15) is 9.59 Å². The van der Waals surface area contributed by atoms with E-state index in [0.29, 0.717) is 52.0 Å². The molecule has 2 saturated heterocycles. The summed E-state index contributed by atoms with van der Waals surface area (Å²) in [7, 11) is 0. The summed E-state index contributed by atoms with van der Waals surface area (Å²) < 4.78 is 10.4. The van der Waals surface area contributed by atoms with Crippen LogP contribution in [0.25, 0.3) is 0 Å². The van der Waals surface area contributed by atoms with Crippen LogP contribution < -0.4 is 5.32 Å². The number of piperazine rings is 1. The van der Waals surface area contributed by atoms with Crippen molar-refractivity contribution in [1.82, 2.24) is 15.1 Å². The fourth-order valence-electron chi connectivity index (χ4n) is 2.16. The first-order valence-corrected chi connectivity index (χ1v) is 7.42. The quantitative estimate of drug-likeness (QED) is 0.797. The highest BCUT2D eigenvalue weighted by atomic mass is 16.6. The first-order valence-electron chi connectivity index (χ1n) is 7.42. The van der Waals surface area contributed by atoms with Gasteiger partial charge in [-0.25, -0.2) is 4.79 Å². The Balaban J connectivity index is 1.69. The van der Waals surface area contributed by atoms with E-state index >= 15 is 0 Å². The number of nitrogens with zero attached hydrogens (tertiary/aromatic N) is 2. The lowest BCUT2D eigenvalue weighted by molar-refractivity contribution is -0.132. The third kappa shape index (κ3) is 4.86. The Hall–Kier alpha value is -1.34. The van der Waals surface area contributed by atoms with Gasteiger partial charge in [-0.15, -0.1) is 0 Å². The molecule has 2 fully saturated rings. The first kappa shape index (κ1) is 16.0. The summed E-state index contributed by atoms with van der Waals surface area (Å²) >= 11 is 0. The fourth-order valence-corrected chi connectivity index (χ4v) is 2.16. The Bertz CT molecular complexity index is 382. The Morgan fingerprint density at radius 2 is 1.71 bits per heavy atom. The maximum absolute atomic E-state index is 12.0. The zero-order chi connectivity index (χ0) is 15.5. The highest BCUT2D eigenvalue weighted by Crippen LogP contribution is 2.12. The highest BCUT2D eigenvalue weighted by molar-refractivity contribution is 5.78. The van der Waals surface area contributed by atoms with Crippen LogP contribution in [0.15, 0.2) is 0 Å². The molecule has 0 atom stereocenters. The smallest absolute Gasteiger partial charge is 0.410 e. The Labute approximate surface area is 125 Å². The van der Waals surface area contributed by atoms with Crippen molar-refractivity contribution < 1.29 is 19.1 Å². The average Bonchev–Trinajstić information content (AvgIpc) is 2.35. The van der Waals surface area contributed by atoms with Gasteiger partial charge in [0, 0.05) is 26.2 Å². The molecular formula is C14H25N3O4. The lowest BCUT2D eigenvalue weighted by Crippen LogP contribution is -2.55. The monoisotopic (exact) mass is 299 g/mol. The molecule has 120 valence electrons. The molecule has 0 aliphatic carbocycles. The van der Waals surface area contributed by atoms with Gasteiger partial charge < -0.3 is 24.6 Å². The third-order valence-corrected chi connectivity index (χ3v) is 3.46. The molecule has 0 aromatic carbocycles. The molecule has 0 radical (unpaired) electrons. The largest absolute Gasteiger partial charge is 0.444 e. The molecule has 0 spiro atoms. The lowest BCUT2D eigenvalue weighted by atomic mass is 10.2. The Morgan fingerprint density at radius 1 is 1.14 bits per heavy atom. The number of carbonyl (C=O) groups is 2. The number of ether oxygens (including phenoxy) is 2. The molecule has 2 amide bonds. The summed E-state index contributed by atoms with van der Waals surface area (Å²) in [4.78, 5) is 27.4. The number of hydrogen-bond donors (Lipinski definition) is 1. The summed E-state index contributed by atoms with van der Waals surface area (Å²) in [5, 5.41) is 3.16. The zero-order valence-electron chi connectivity index (χ0n) is 13.1. The Morgan fingerprint density at radius 3 is 2.19 bits per heavy atom. The normalized spacial score (nSPS) is 20.1. The lowest BCUT2D eigenvalue weighted by Gasteiger charge is -2.36. The van der Waals surface area contributed by atoms with Gasteiger partial charge in [0.1, 0.15) is 5.60 Å². The third-order valence-electron chi connectivity index (χ3n) is 3.46. The van der Waals surface area contributed by atoms with Crippen molar-refractivity contribution in [2.45, 2.75) is 32.4 Å². The van der Waals surface area contributed by atoms with Gasteiger partial charge in [0.15, 0.2) is 0 Å². The van der Waals surface area contributed by atoms with Crippen molar-refractivity contribution >= 4 is 12.0 Å². The van der Waals surface area contributed by atoms with Gasteiger partial charge in [0.05, 0.1) is 25.8 Å². The predicted octanol–water partition coefficient (Wildman–Crippen LogP) is 0.0541. The van der Waals surface area contributed by atoms with E-state index < -0.39 is 5.60 Å². The van der Waals surface area contributed by atoms with E-state index in [2.05, 4.69) is 5.32 Å². The van der Waals surface area contributed by atoms with Crippen LogP contribution in [0.3, 0.4) is 0 Å². The van der Waals surface area contributed by atoms with Crippen molar-refractivity contribution in [3.8, 4) is 0 Å². The SMILES string of the molecule is CC(C)(C)OC(=O)N1CCN(C(=O)CNC2COC2)CC1. The highest BCUT2D eigenvalue weighted by Gasteiger charge is 2.28. The number of amides is 2. The number of rotatable bonds is 3. The summed E-state index contributed by atoms with van der Waals surface area (Å²) in [6, 6.07) is 0.303. The molecule has 2 rings (SSSR count). The minimum atomic E-state index is -0.487. The molecule has 21 heavy (non-hydrogen) atoms. The summed E-state index contributed by atoms with van der Waals surface area (Å²) in [5.41, 5.74) is -0.487. The molecule has 2 heterocycles. The van der Waals surface area contributed by atoms with Gasteiger partial charge >= 0.3 is 6.09 Å². The number of hydrogen-bond acceptors (Lipinski definition) is 5. The van der Waals surface area contributed by atoms with E-state index in [-0.39, 0.29) is 12.0 Å². The molecule has 0 saturated carbocycles. The molecule has 0 aromatic rings. The van der Waals surface area contributed by atoms with Crippen molar-refractivity contribution in [2.24, 2.45) is 0 Å². The zero-order valence-corrected chi connectivity index (χ0v) is 13.1. The Kier molecular flexibility index (Phi) is 5.05. The predicted molar refractivity (Wildman–Crippen MR) is 77.0 cm³/mol. The van der Waals surface area contributed by atoms with Crippen LogP contribution in [-0.4, -0.2) is 79.4 Å². The molecule has 2 aliphatic heterocycles. The van der Waals surface area contributed by atoms with Crippen molar-refractivity contribution in [3.05, 3.63) is 0 Å². The van der Waals surface area contributed by atoms with Crippen molar-refractivity contribution in [3.63, 3.8) is 0 Å². The van der Waals surface area contributed by atoms with Crippen LogP contribution in [0.5, 0.6) is 0 Å². The van der Waals surface area contributed by atoms with Crippen LogP contribution in [0.4, 0.5) is 4.79 Å². The second-order valence-corrected chi connectivity index (χ2v) is 6.46. The van der Waals surface area contributed by atoms with E-state index in [1.807, 2.05) is 20.8 Å². The van der Waals surface area contributed by atoms with Crippen LogP contribution >= 0.6 is 0 Å². The van der Waals surface area contributed by atoms with Gasteiger partial charge in [-0.3, -0.25) is 4.79 Å². The van der Waals surface area contributed by atoms with Gasteiger partial charge in [-0.1, -0.05) is 0 Å². The summed E-state index contributed by atoms with van der Waals surface area (Å²) in [5.74, 6) is 0.0748. The van der Waals surface area contributed by atoms with E-state index in [4.69, 9.17) is 9.47 Å². The molecule has 0 aromatic heterocycles. The van der Waals surface area contributed by atoms with Crippen molar-refractivity contribution in [2.75, 3.05) is 45.9 Å². The summed E-state index contributed by atoms with van der Waals surface area (Å²) in [6.07, 6.45) is -0.306. The molecule has 7 nitrogen and oxygen atoms in total. The molecule has 2 aliphatic rings. The van der Waals surface area contributed by atoms with Crippen molar-refractivity contribution in [1.29, 1.82) is 0 Å². The van der Waals surface area contributed by atoms with Gasteiger partial charge in [-0.05, 0) is 20.8 Å². The minimum absolute atomic E-state index is 0.0748. The van der Waals surface area contributed by atoms with E-state index in [1.165, 1.54) is 0 Å². The second kappa shape index (κ2) is 6.62. The standard InChI is InChI=1S/C14H25N3O4/c1-14(2,3)21-13(19)17-6-4-16(5-7-17)12(18)8-15-11-9-20-10-11/h11,15H,4-10H2,1-3H3. The average molecular weight is 299 g/mol. The van der Waals surface area contributed by atoms with E-state index in [1.54, 1.807) is 9.80 Å². The second-order valence-electron chi connectivity index (χ2n) is 6.46. The fraction of sp³-hybridized carbons (Fsp3) is 0.857. The van der Waals surface area contributed by atoms with Crippen LogP contribution in [0.1, 0.15) is 20.8 Å². The number of nitrogens with one attached hydrogen (secondary N) is 1. The molecule has 1 N–H and O–H groups in total. The molecule has 0 bridgehead atoms. The van der Waals surface area contributed by atoms with Gasteiger partial charge in [-0.2, -0.15) is 0 Å². The van der Waals surface area contributed by atoms with Crippen LogP contribution in [0, 0.1) is 0 Å². The summed E-state index contributed by atoms with van der Waals surface area (Å²) in [6.45, 7) is 9.39. The number of carbonyl (C=O) groups excluding carboxylic acids is 2.